The van der Waals surface area contributed by atoms with Crippen molar-refractivity contribution in [1.82, 2.24) is 14.9 Å². The van der Waals surface area contributed by atoms with Gasteiger partial charge in [-0.1, -0.05) is 36.4 Å². The zero-order valence-corrected chi connectivity index (χ0v) is 13.5. The Balaban J connectivity index is 1.45. The summed E-state index contributed by atoms with van der Waals surface area (Å²) in [5.74, 6) is -0.0317. The van der Waals surface area contributed by atoms with Crippen molar-refractivity contribution in [2.24, 2.45) is 0 Å². The first-order valence-electron chi connectivity index (χ1n) is 8.13. The van der Waals surface area contributed by atoms with Crippen LogP contribution in [0, 0.1) is 11.3 Å². The fourth-order valence-corrected chi connectivity index (χ4v) is 3.30. The van der Waals surface area contributed by atoms with Gasteiger partial charge in [0.05, 0.1) is 42.3 Å². The largest absolute Gasteiger partial charge is 0.353 e. The maximum atomic E-state index is 12.3. The second-order valence-electron chi connectivity index (χ2n) is 6.08. The van der Waals surface area contributed by atoms with Gasteiger partial charge in [-0.25, -0.2) is 4.98 Å². The van der Waals surface area contributed by atoms with Crippen molar-refractivity contribution in [3.05, 3.63) is 77.7 Å². The molecule has 0 fully saturated rings. The molecule has 1 atom stereocenters. The fourth-order valence-electron chi connectivity index (χ4n) is 3.30. The summed E-state index contributed by atoms with van der Waals surface area (Å²) in [6.07, 6.45) is 3.97. The number of imidazole rings is 1. The molecule has 1 N–H and O–H groups in total. The molecular weight excluding hydrogens is 312 g/mol. The molecule has 25 heavy (non-hydrogen) atoms. The van der Waals surface area contributed by atoms with E-state index >= 15 is 0 Å². The summed E-state index contributed by atoms with van der Waals surface area (Å²) < 4.78 is 2.10. The van der Waals surface area contributed by atoms with Gasteiger partial charge < -0.3 is 9.88 Å². The van der Waals surface area contributed by atoms with Crippen LogP contribution in [0.4, 0.5) is 0 Å². The third kappa shape index (κ3) is 2.79. The Labute approximate surface area is 145 Å². The van der Waals surface area contributed by atoms with Crippen LogP contribution in [0.1, 0.15) is 22.7 Å². The summed E-state index contributed by atoms with van der Waals surface area (Å²) in [6, 6.07) is 17.5. The van der Waals surface area contributed by atoms with Gasteiger partial charge in [0.1, 0.15) is 0 Å². The van der Waals surface area contributed by atoms with Gasteiger partial charge >= 0.3 is 0 Å². The van der Waals surface area contributed by atoms with Gasteiger partial charge in [-0.3, -0.25) is 4.79 Å². The number of rotatable bonds is 4. The van der Waals surface area contributed by atoms with Crippen molar-refractivity contribution in [3.8, 4) is 17.3 Å². The third-order valence-electron chi connectivity index (χ3n) is 4.54. The lowest BCUT2D eigenvalue weighted by Gasteiger charge is -2.15. The second kappa shape index (κ2) is 6.25. The summed E-state index contributed by atoms with van der Waals surface area (Å²) in [7, 11) is 0. The van der Waals surface area contributed by atoms with E-state index in [0.29, 0.717) is 18.5 Å². The minimum absolute atomic E-state index is 0.0317. The molecule has 2 aromatic carbocycles. The smallest absolute Gasteiger partial charge is 0.224 e. The molecule has 0 spiro atoms. The van der Waals surface area contributed by atoms with E-state index in [-0.39, 0.29) is 11.9 Å². The van der Waals surface area contributed by atoms with E-state index in [2.05, 4.69) is 33.1 Å². The lowest BCUT2D eigenvalue weighted by atomic mass is 10.0. The number of hydrogen-bond donors (Lipinski definition) is 1. The molecule has 5 heteroatoms. The molecular formula is C20H16N4O. The molecule has 1 aromatic heterocycles. The first-order chi connectivity index (χ1) is 12.3. The van der Waals surface area contributed by atoms with Crippen molar-refractivity contribution < 1.29 is 4.79 Å². The van der Waals surface area contributed by atoms with Crippen LogP contribution in [0.5, 0.6) is 0 Å². The monoisotopic (exact) mass is 328 g/mol. The summed E-state index contributed by atoms with van der Waals surface area (Å²) in [6.45, 7) is 0.523. The van der Waals surface area contributed by atoms with Crippen molar-refractivity contribution in [3.63, 3.8) is 0 Å². The van der Waals surface area contributed by atoms with Gasteiger partial charge in [-0.05, 0) is 23.3 Å². The van der Waals surface area contributed by atoms with Crippen LogP contribution in [0.2, 0.25) is 0 Å². The molecule has 2 heterocycles. The summed E-state index contributed by atoms with van der Waals surface area (Å²) in [5, 5.41) is 11.8. The molecule has 122 valence electrons. The minimum Gasteiger partial charge on any atom is -0.353 e. The number of nitrogens with zero attached hydrogens (tertiary/aromatic N) is 3. The van der Waals surface area contributed by atoms with Crippen LogP contribution in [0.3, 0.4) is 0 Å². The number of aromatic nitrogens is 2. The Bertz CT molecular complexity index is 966. The molecule has 1 amide bonds. The van der Waals surface area contributed by atoms with E-state index < -0.39 is 0 Å². The van der Waals surface area contributed by atoms with E-state index in [0.717, 1.165) is 11.3 Å². The average molecular weight is 328 g/mol. The predicted molar refractivity (Wildman–Crippen MR) is 93.7 cm³/mol. The van der Waals surface area contributed by atoms with Gasteiger partial charge in [0.2, 0.25) is 5.91 Å². The van der Waals surface area contributed by atoms with Gasteiger partial charge in [-0.2, -0.15) is 5.26 Å². The Morgan fingerprint density at radius 1 is 1.20 bits per heavy atom. The predicted octanol–water partition coefficient (Wildman–Crippen LogP) is 2.68. The number of benzene rings is 2. The number of nitrogens with one attached hydrogen (secondary N) is 1. The number of nitriles is 1. The van der Waals surface area contributed by atoms with Crippen molar-refractivity contribution in [2.75, 3.05) is 6.54 Å². The molecule has 3 aromatic rings. The summed E-state index contributed by atoms with van der Waals surface area (Å²) in [5.41, 5.74) is 4.96. The fraction of sp³-hybridized carbons (Fsp3) is 0.150. The Morgan fingerprint density at radius 2 is 2.00 bits per heavy atom. The molecule has 0 saturated carbocycles. The van der Waals surface area contributed by atoms with Crippen molar-refractivity contribution in [1.29, 1.82) is 5.26 Å². The Morgan fingerprint density at radius 3 is 2.80 bits per heavy atom. The highest BCUT2D eigenvalue weighted by atomic mass is 16.1. The SMILES string of the molecule is N#Cc1ccc(CC(=O)NCC2c3ccccc3-c3cncn32)cc1. The van der Waals surface area contributed by atoms with Crippen molar-refractivity contribution in [2.45, 2.75) is 12.5 Å². The van der Waals surface area contributed by atoms with Gasteiger partial charge in [0.25, 0.3) is 0 Å². The van der Waals surface area contributed by atoms with E-state index in [1.165, 1.54) is 11.1 Å². The van der Waals surface area contributed by atoms with Crippen LogP contribution in [0.15, 0.2) is 61.1 Å². The molecule has 0 aliphatic carbocycles. The van der Waals surface area contributed by atoms with E-state index in [9.17, 15) is 4.79 Å². The van der Waals surface area contributed by atoms with E-state index in [1.54, 1.807) is 12.1 Å². The maximum absolute atomic E-state index is 12.3. The zero-order valence-electron chi connectivity index (χ0n) is 13.5. The van der Waals surface area contributed by atoms with E-state index in [4.69, 9.17) is 5.26 Å². The van der Waals surface area contributed by atoms with E-state index in [1.807, 2.05) is 36.8 Å². The standard InChI is InChI=1S/C20H16N4O/c21-10-15-7-5-14(6-8-15)9-20(25)23-12-19-17-4-2-1-3-16(17)18-11-22-13-24(18)19/h1-8,11,13,19H,9,12H2,(H,23,25). The van der Waals surface area contributed by atoms with Crippen LogP contribution in [0.25, 0.3) is 11.3 Å². The second-order valence-corrected chi connectivity index (χ2v) is 6.08. The van der Waals surface area contributed by atoms with Crippen LogP contribution >= 0.6 is 0 Å². The third-order valence-corrected chi connectivity index (χ3v) is 4.54. The van der Waals surface area contributed by atoms with Gasteiger partial charge in [0, 0.05) is 12.1 Å². The first kappa shape index (κ1) is 15.2. The van der Waals surface area contributed by atoms with Crippen LogP contribution < -0.4 is 5.32 Å². The number of carbonyl (C=O) groups excluding carboxylic acids is 1. The number of amides is 1. The topological polar surface area (TPSA) is 70.7 Å². The summed E-state index contributed by atoms with van der Waals surface area (Å²) in [4.78, 5) is 16.5. The highest BCUT2D eigenvalue weighted by molar-refractivity contribution is 5.79. The average Bonchev–Trinajstić information content (AvgIpc) is 3.22. The molecule has 4 rings (SSSR count). The molecule has 5 nitrogen and oxygen atoms in total. The number of hydrogen-bond acceptors (Lipinski definition) is 3. The maximum Gasteiger partial charge on any atom is 0.224 e. The Kier molecular flexibility index (Phi) is 3.79. The van der Waals surface area contributed by atoms with Crippen LogP contribution in [-0.4, -0.2) is 22.0 Å². The lowest BCUT2D eigenvalue weighted by molar-refractivity contribution is -0.120. The normalized spacial score (nSPS) is 14.4. The zero-order chi connectivity index (χ0) is 17.2. The van der Waals surface area contributed by atoms with Crippen LogP contribution in [-0.2, 0) is 11.2 Å². The lowest BCUT2D eigenvalue weighted by Crippen LogP contribution is -2.31. The molecule has 0 radical (unpaired) electrons. The quantitative estimate of drug-likeness (QED) is 0.800. The molecule has 1 unspecified atom stereocenters. The minimum atomic E-state index is -0.0317. The molecule has 0 bridgehead atoms. The van der Waals surface area contributed by atoms with Crippen molar-refractivity contribution >= 4 is 5.91 Å². The highest BCUT2D eigenvalue weighted by Gasteiger charge is 2.28. The molecule has 0 saturated heterocycles. The number of fused-ring (bicyclic) bond motifs is 3. The molecule has 1 aliphatic rings. The molecule has 1 aliphatic heterocycles. The highest BCUT2D eigenvalue weighted by Crippen LogP contribution is 2.38. The van der Waals surface area contributed by atoms with Gasteiger partial charge in [-0.15, -0.1) is 0 Å². The summed E-state index contributed by atoms with van der Waals surface area (Å²) >= 11 is 0. The van der Waals surface area contributed by atoms with Gasteiger partial charge in [0.15, 0.2) is 0 Å². The number of carbonyl (C=O) groups is 1. The first-order valence-corrected chi connectivity index (χ1v) is 8.13. The Hall–Kier alpha value is -3.39.